The Labute approximate surface area is 193 Å². The summed E-state index contributed by atoms with van der Waals surface area (Å²) < 4.78 is 31.5. The van der Waals surface area contributed by atoms with Gasteiger partial charge in [0, 0.05) is 38.5 Å². The number of methoxy groups -OCH3 is 1. The van der Waals surface area contributed by atoms with Gasteiger partial charge < -0.3 is 10.1 Å². The molecule has 0 bridgehead atoms. The maximum atomic E-state index is 12.6. The molecule has 0 saturated carbocycles. The van der Waals surface area contributed by atoms with Gasteiger partial charge in [-0.3, -0.25) is 19.3 Å². The number of carbonyl (C=O) groups excluding carboxylic acids is 3. The summed E-state index contributed by atoms with van der Waals surface area (Å²) in [6, 6.07) is 13.1. The highest BCUT2D eigenvalue weighted by molar-refractivity contribution is 7.89. The van der Waals surface area contributed by atoms with Gasteiger partial charge in [0.25, 0.3) is 0 Å². The van der Waals surface area contributed by atoms with E-state index in [2.05, 4.69) is 5.32 Å². The molecule has 2 aromatic rings. The van der Waals surface area contributed by atoms with Crippen LogP contribution in [0.25, 0.3) is 0 Å². The molecule has 1 aliphatic rings. The van der Waals surface area contributed by atoms with Gasteiger partial charge >= 0.3 is 0 Å². The second-order valence-electron chi connectivity index (χ2n) is 7.72. The van der Waals surface area contributed by atoms with Crippen LogP contribution in [0.4, 0.5) is 5.69 Å². The van der Waals surface area contributed by atoms with Gasteiger partial charge in [-0.1, -0.05) is 12.1 Å². The first-order chi connectivity index (χ1) is 15.7. The number of nitrogens with zero attached hydrogens (tertiary/aromatic N) is 2. The lowest BCUT2D eigenvalue weighted by atomic mass is 10.2. The van der Waals surface area contributed by atoms with E-state index in [9.17, 15) is 22.8 Å². The molecule has 3 rings (SSSR count). The molecule has 176 valence electrons. The zero-order chi connectivity index (χ0) is 24.0. The van der Waals surface area contributed by atoms with Crippen LogP contribution in [-0.2, 0) is 31.0 Å². The monoisotopic (exact) mass is 473 g/mol. The number of hydrogen-bond acceptors (Lipinski definition) is 6. The van der Waals surface area contributed by atoms with E-state index in [0.717, 1.165) is 5.56 Å². The average Bonchev–Trinajstić information content (AvgIpc) is 3.12. The summed E-state index contributed by atoms with van der Waals surface area (Å²) in [5.74, 6) is -0.00470. The molecule has 1 heterocycles. The second-order valence-corrected chi connectivity index (χ2v) is 9.77. The van der Waals surface area contributed by atoms with Crippen molar-refractivity contribution in [2.24, 2.45) is 0 Å². The third-order valence-corrected chi connectivity index (χ3v) is 7.25. The number of carbonyl (C=O) groups is 3. The molecule has 0 atom stereocenters. The van der Waals surface area contributed by atoms with Crippen molar-refractivity contribution in [1.82, 2.24) is 9.21 Å². The van der Waals surface area contributed by atoms with E-state index in [1.807, 2.05) is 0 Å². The normalized spacial score (nSPS) is 14.1. The largest absolute Gasteiger partial charge is 0.497 e. The van der Waals surface area contributed by atoms with Gasteiger partial charge in [0.05, 0.1) is 18.6 Å². The molecule has 3 amide bonds. The minimum Gasteiger partial charge on any atom is -0.497 e. The van der Waals surface area contributed by atoms with Gasteiger partial charge in [-0.2, -0.15) is 0 Å². The Hall–Kier alpha value is -3.24. The Morgan fingerprint density at radius 2 is 1.64 bits per heavy atom. The standard InChI is InChI=1S/C23H27N3O6S/c1-25(33(30,31)20-11-9-19(32-2)10-12-20)15-3-4-21(27)24-18-7-5-17(6-8-18)16-26-22(28)13-14-23(26)29/h5-12H,3-4,13-16H2,1-2H3,(H,24,27). The number of likely N-dealkylation sites (tertiary alicyclic amines) is 1. The Kier molecular flexibility index (Phi) is 7.83. The summed E-state index contributed by atoms with van der Waals surface area (Å²) in [7, 11) is -0.663. The van der Waals surface area contributed by atoms with Gasteiger partial charge in [-0.25, -0.2) is 12.7 Å². The van der Waals surface area contributed by atoms with E-state index in [1.54, 1.807) is 36.4 Å². The molecular formula is C23H27N3O6S. The lowest BCUT2D eigenvalue weighted by Crippen LogP contribution is -2.28. The van der Waals surface area contributed by atoms with Crippen molar-refractivity contribution in [3.63, 3.8) is 0 Å². The Morgan fingerprint density at radius 3 is 2.21 bits per heavy atom. The maximum Gasteiger partial charge on any atom is 0.242 e. The zero-order valence-corrected chi connectivity index (χ0v) is 19.4. The quantitative estimate of drug-likeness (QED) is 0.530. The number of benzene rings is 2. The molecule has 10 heteroatoms. The third kappa shape index (κ3) is 6.17. The van der Waals surface area contributed by atoms with E-state index >= 15 is 0 Å². The molecule has 0 spiro atoms. The van der Waals surface area contributed by atoms with Crippen LogP contribution in [0.3, 0.4) is 0 Å². The molecule has 0 aliphatic carbocycles. The first kappa shape index (κ1) is 24.4. The van der Waals surface area contributed by atoms with Gasteiger partial charge in [0.1, 0.15) is 5.75 Å². The smallest absolute Gasteiger partial charge is 0.242 e. The number of imide groups is 1. The lowest BCUT2D eigenvalue weighted by molar-refractivity contribution is -0.139. The van der Waals surface area contributed by atoms with Crippen LogP contribution in [-0.4, -0.2) is 56.0 Å². The van der Waals surface area contributed by atoms with Crippen molar-refractivity contribution < 1.29 is 27.5 Å². The van der Waals surface area contributed by atoms with Crippen molar-refractivity contribution in [3.8, 4) is 5.75 Å². The van der Waals surface area contributed by atoms with Gasteiger partial charge in [0.15, 0.2) is 0 Å². The minimum atomic E-state index is -3.65. The molecule has 0 aromatic heterocycles. The fourth-order valence-corrected chi connectivity index (χ4v) is 4.62. The van der Waals surface area contributed by atoms with Crippen LogP contribution in [0.5, 0.6) is 5.75 Å². The van der Waals surface area contributed by atoms with Crippen LogP contribution >= 0.6 is 0 Å². The molecule has 33 heavy (non-hydrogen) atoms. The molecule has 0 unspecified atom stereocenters. The van der Waals surface area contributed by atoms with Crippen LogP contribution < -0.4 is 10.1 Å². The van der Waals surface area contributed by atoms with Crippen molar-refractivity contribution in [2.75, 3.05) is 26.0 Å². The molecule has 0 radical (unpaired) electrons. The molecule has 2 aromatic carbocycles. The summed E-state index contributed by atoms with van der Waals surface area (Å²) in [5.41, 5.74) is 1.38. The van der Waals surface area contributed by atoms with E-state index < -0.39 is 10.0 Å². The first-order valence-electron chi connectivity index (χ1n) is 10.5. The second kappa shape index (κ2) is 10.6. The van der Waals surface area contributed by atoms with E-state index in [4.69, 9.17) is 4.74 Å². The molecule has 1 saturated heterocycles. The van der Waals surface area contributed by atoms with Gasteiger partial charge in [0.2, 0.25) is 27.7 Å². The van der Waals surface area contributed by atoms with Crippen LogP contribution in [0.15, 0.2) is 53.4 Å². The number of nitrogens with one attached hydrogen (secondary N) is 1. The van der Waals surface area contributed by atoms with Gasteiger partial charge in [-0.15, -0.1) is 0 Å². The summed E-state index contributed by atoms with van der Waals surface area (Å²) in [6.45, 7) is 0.416. The number of sulfonamides is 1. The summed E-state index contributed by atoms with van der Waals surface area (Å²) >= 11 is 0. The van der Waals surface area contributed by atoms with Crippen molar-refractivity contribution >= 4 is 33.4 Å². The topological polar surface area (TPSA) is 113 Å². The summed E-state index contributed by atoms with van der Waals surface area (Å²) in [4.78, 5) is 37.1. The van der Waals surface area contributed by atoms with E-state index in [0.29, 0.717) is 17.9 Å². The molecule has 1 fully saturated rings. The van der Waals surface area contributed by atoms with Gasteiger partial charge in [-0.05, 0) is 48.4 Å². The van der Waals surface area contributed by atoms with Crippen LogP contribution in [0.1, 0.15) is 31.2 Å². The molecule has 1 N–H and O–H groups in total. The van der Waals surface area contributed by atoms with Crippen molar-refractivity contribution in [2.45, 2.75) is 37.1 Å². The Balaban J connectivity index is 1.46. The predicted molar refractivity (Wildman–Crippen MR) is 122 cm³/mol. The first-order valence-corrected chi connectivity index (χ1v) is 12.0. The highest BCUT2D eigenvalue weighted by Crippen LogP contribution is 2.20. The van der Waals surface area contributed by atoms with E-state index in [1.165, 1.54) is 35.5 Å². The number of hydrogen-bond donors (Lipinski definition) is 1. The minimum absolute atomic E-state index is 0.154. The molecular weight excluding hydrogens is 446 g/mol. The number of ether oxygens (including phenoxy) is 1. The Morgan fingerprint density at radius 1 is 1.03 bits per heavy atom. The summed E-state index contributed by atoms with van der Waals surface area (Å²) in [6.07, 6.45) is 1.02. The number of rotatable bonds is 10. The van der Waals surface area contributed by atoms with Crippen molar-refractivity contribution in [1.29, 1.82) is 0 Å². The highest BCUT2D eigenvalue weighted by atomic mass is 32.2. The maximum absolute atomic E-state index is 12.6. The molecule has 9 nitrogen and oxygen atoms in total. The number of anilines is 1. The summed E-state index contributed by atoms with van der Waals surface area (Å²) in [5, 5.41) is 2.77. The van der Waals surface area contributed by atoms with Crippen LogP contribution in [0.2, 0.25) is 0 Å². The Bertz CT molecular complexity index is 1100. The molecule has 1 aliphatic heterocycles. The highest BCUT2D eigenvalue weighted by Gasteiger charge is 2.28. The van der Waals surface area contributed by atoms with Crippen LogP contribution in [0, 0.1) is 0 Å². The number of amides is 3. The fraction of sp³-hybridized carbons (Fsp3) is 0.348. The fourth-order valence-electron chi connectivity index (χ4n) is 3.41. The van der Waals surface area contributed by atoms with Crippen molar-refractivity contribution in [3.05, 3.63) is 54.1 Å². The SMILES string of the molecule is COc1ccc(S(=O)(=O)N(C)CCCC(=O)Nc2ccc(CN3C(=O)CCC3=O)cc2)cc1. The average molecular weight is 474 g/mol. The predicted octanol–water partition coefficient (Wildman–Crippen LogP) is 2.38. The zero-order valence-electron chi connectivity index (χ0n) is 18.6. The third-order valence-electron chi connectivity index (χ3n) is 5.38. The lowest BCUT2D eigenvalue weighted by Gasteiger charge is -2.17. The van der Waals surface area contributed by atoms with E-state index in [-0.39, 0.29) is 55.0 Å².